The number of nitrogens with one attached hydrogen (secondary N) is 1. The zero-order valence-corrected chi connectivity index (χ0v) is 17.5. The quantitative estimate of drug-likeness (QED) is 0.605. The summed E-state index contributed by atoms with van der Waals surface area (Å²) in [5.41, 5.74) is 3.86. The Bertz CT molecular complexity index is 793. The summed E-state index contributed by atoms with van der Waals surface area (Å²) in [5, 5.41) is 12.7. The third-order valence-electron chi connectivity index (χ3n) is 5.22. The van der Waals surface area contributed by atoms with Gasteiger partial charge in [0.25, 0.3) is 5.91 Å². The number of amides is 1. The highest BCUT2D eigenvalue weighted by Gasteiger charge is 2.25. The zero-order chi connectivity index (χ0) is 20.8. The van der Waals surface area contributed by atoms with Crippen LogP contribution in [0.3, 0.4) is 0 Å². The van der Waals surface area contributed by atoms with E-state index < -0.39 is 29.6 Å². The predicted octanol–water partition coefficient (Wildman–Crippen LogP) is 4.24. The van der Waals surface area contributed by atoms with Crippen molar-refractivity contribution in [2.45, 2.75) is 36.4 Å². The predicted molar refractivity (Wildman–Crippen MR) is 115 cm³/mol. The van der Waals surface area contributed by atoms with Crippen molar-refractivity contribution in [1.82, 2.24) is 10.2 Å². The molecule has 156 valence electrons. The number of halogens is 3. The van der Waals surface area contributed by atoms with Gasteiger partial charge in [-0.2, -0.15) is 0 Å². The molecule has 3 rings (SSSR count). The first-order valence-corrected chi connectivity index (χ1v) is 10.6. The number of carbonyl (C=O) groups excluding carboxylic acids is 1. The van der Waals surface area contributed by atoms with Gasteiger partial charge in [0, 0.05) is 6.54 Å². The van der Waals surface area contributed by atoms with Crippen molar-refractivity contribution in [2.24, 2.45) is 0 Å². The molecule has 2 aromatic rings. The lowest BCUT2D eigenvalue weighted by molar-refractivity contribution is -0.121. The highest BCUT2D eigenvalue weighted by atomic mass is 35.5. The Morgan fingerprint density at radius 1 is 1.03 bits per heavy atom. The summed E-state index contributed by atoms with van der Waals surface area (Å²) in [7, 11) is 0. The van der Waals surface area contributed by atoms with E-state index in [4.69, 9.17) is 23.2 Å². The molecule has 1 aliphatic heterocycles. The number of nitrogens with zero attached hydrogens (tertiary/aromatic N) is 1. The number of aliphatic hydroxyl groups excluding tert-OH is 1. The van der Waals surface area contributed by atoms with Gasteiger partial charge in [0.1, 0.15) is 12.8 Å². The van der Waals surface area contributed by atoms with Gasteiger partial charge in [-0.05, 0) is 48.2 Å². The van der Waals surface area contributed by atoms with Crippen molar-refractivity contribution in [2.75, 3.05) is 19.8 Å². The molecule has 0 bridgehead atoms. The van der Waals surface area contributed by atoms with Crippen LogP contribution in [0.2, 0.25) is 0 Å². The highest BCUT2D eigenvalue weighted by molar-refractivity contribution is 6.53. The Hall–Kier alpha value is -1.66. The fourth-order valence-electron chi connectivity index (χ4n) is 3.55. The Morgan fingerprint density at radius 3 is 2.10 bits per heavy atom. The van der Waals surface area contributed by atoms with E-state index in [1.54, 1.807) is 12.1 Å². The van der Waals surface area contributed by atoms with Crippen molar-refractivity contribution in [1.29, 1.82) is 0 Å². The number of likely N-dealkylation sites (tertiary alicyclic amines) is 1. The van der Waals surface area contributed by atoms with Gasteiger partial charge in [0.05, 0.1) is 6.04 Å². The van der Waals surface area contributed by atoms with Crippen LogP contribution >= 0.6 is 23.2 Å². The molecule has 0 aliphatic carbocycles. The molecular weight excluding hydrogens is 414 g/mol. The van der Waals surface area contributed by atoms with Crippen LogP contribution in [0.4, 0.5) is 4.39 Å². The molecule has 29 heavy (non-hydrogen) atoms. The SMILES string of the molecule is O=C(N[C@H](CF)[C@H](O)c1ccc(-c2ccc(CN3CCCC3)cc2)cc1)C(Cl)Cl. The van der Waals surface area contributed by atoms with E-state index in [9.17, 15) is 14.3 Å². The van der Waals surface area contributed by atoms with Gasteiger partial charge >= 0.3 is 0 Å². The molecule has 7 heteroatoms. The summed E-state index contributed by atoms with van der Waals surface area (Å²) in [4.78, 5) is 12.7. The largest absolute Gasteiger partial charge is 0.386 e. The second-order valence-corrected chi connectivity index (χ2v) is 8.41. The average Bonchev–Trinajstić information content (AvgIpc) is 3.25. The average molecular weight is 439 g/mol. The maximum atomic E-state index is 13.3. The molecule has 2 N–H and O–H groups in total. The maximum Gasteiger partial charge on any atom is 0.253 e. The molecule has 0 radical (unpaired) electrons. The van der Waals surface area contributed by atoms with Crippen LogP contribution < -0.4 is 5.32 Å². The third kappa shape index (κ3) is 5.92. The first-order chi connectivity index (χ1) is 14.0. The van der Waals surface area contributed by atoms with Gasteiger partial charge < -0.3 is 10.4 Å². The van der Waals surface area contributed by atoms with Crippen LogP contribution in [-0.4, -0.2) is 46.6 Å². The molecule has 4 nitrogen and oxygen atoms in total. The lowest BCUT2D eigenvalue weighted by Crippen LogP contribution is -2.43. The smallest absolute Gasteiger partial charge is 0.253 e. The summed E-state index contributed by atoms with van der Waals surface area (Å²) in [6.45, 7) is 2.38. The van der Waals surface area contributed by atoms with E-state index in [0.717, 1.165) is 17.7 Å². The molecule has 0 spiro atoms. The van der Waals surface area contributed by atoms with E-state index >= 15 is 0 Å². The van der Waals surface area contributed by atoms with Crippen molar-refractivity contribution in [3.05, 3.63) is 59.7 Å². The zero-order valence-electron chi connectivity index (χ0n) is 16.0. The maximum absolute atomic E-state index is 13.3. The topological polar surface area (TPSA) is 52.6 Å². The van der Waals surface area contributed by atoms with Gasteiger partial charge in [0.2, 0.25) is 0 Å². The molecule has 1 aliphatic rings. The van der Waals surface area contributed by atoms with Crippen LogP contribution in [0.1, 0.15) is 30.1 Å². The van der Waals surface area contributed by atoms with Gasteiger partial charge in [0.15, 0.2) is 4.84 Å². The standard InChI is InChI=1S/C22H25Cl2FN2O2/c23-21(24)22(29)26-19(13-25)20(28)18-9-7-17(8-10-18)16-5-3-15(4-6-16)14-27-11-1-2-12-27/h3-10,19-21,28H,1-2,11-14H2,(H,26,29)/t19-,20-/m1/s1. The van der Waals surface area contributed by atoms with E-state index in [0.29, 0.717) is 5.56 Å². The molecule has 1 fully saturated rings. The molecule has 1 amide bonds. The highest BCUT2D eigenvalue weighted by Crippen LogP contribution is 2.25. The van der Waals surface area contributed by atoms with Crippen LogP contribution in [0, 0.1) is 0 Å². The molecule has 0 aromatic heterocycles. The van der Waals surface area contributed by atoms with Gasteiger partial charge in [-0.25, -0.2) is 4.39 Å². The number of benzene rings is 2. The van der Waals surface area contributed by atoms with Crippen molar-refractivity contribution >= 4 is 29.1 Å². The Kier molecular flexibility index (Phi) is 7.90. The van der Waals surface area contributed by atoms with Gasteiger partial charge in [-0.3, -0.25) is 9.69 Å². The Balaban J connectivity index is 1.64. The fraction of sp³-hybridized carbons (Fsp3) is 0.409. The van der Waals surface area contributed by atoms with Gasteiger partial charge in [-0.15, -0.1) is 0 Å². The van der Waals surface area contributed by atoms with Crippen LogP contribution in [0.5, 0.6) is 0 Å². The molecule has 0 unspecified atom stereocenters. The minimum Gasteiger partial charge on any atom is -0.386 e. The summed E-state index contributed by atoms with van der Waals surface area (Å²) in [6.07, 6.45) is 1.36. The number of rotatable bonds is 8. The van der Waals surface area contributed by atoms with E-state index in [-0.39, 0.29) is 0 Å². The number of hydrogen-bond acceptors (Lipinski definition) is 3. The molecule has 2 atom stereocenters. The first kappa shape index (κ1) is 22.0. The minimum absolute atomic E-state index is 0.503. The van der Waals surface area contributed by atoms with Gasteiger partial charge in [-0.1, -0.05) is 71.7 Å². The number of aliphatic hydroxyl groups is 1. The fourth-order valence-corrected chi connectivity index (χ4v) is 3.68. The second-order valence-electron chi connectivity index (χ2n) is 7.32. The lowest BCUT2D eigenvalue weighted by atomic mass is 9.98. The number of carbonyl (C=O) groups is 1. The van der Waals surface area contributed by atoms with Crippen LogP contribution in [0.15, 0.2) is 48.5 Å². The number of alkyl halides is 3. The van der Waals surface area contributed by atoms with E-state index in [2.05, 4.69) is 34.5 Å². The van der Waals surface area contributed by atoms with Crippen molar-refractivity contribution in [3.8, 4) is 11.1 Å². The minimum atomic E-state index is -1.31. The Morgan fingerprint density at radius 2 is 1.59 bits per heavy atom. The van der Waals surface area contributed by atoms with Crippen molar-refractivity contribution in [3.63, 3.8) is 0 Å². The third-order valence-corrected chi connectivity index (χ3v) is 5.61. The molecule has 0 saturated carbocycles. The first-order valence-electron chi connectivity index (χ1n) is 9.72. The second kappa shape index (κ2) is 10.4. The van der Waals surface area contributed by atoms with E-state index in [1.807, 2.05) is 12.1 Å². The molecular formula is C22H25Cl2FN2O2. The molecule has 2 aromatic carbocycles. The summed E-state index contributed by atoms with van der Waals surface area (Å²) < 4.78 is 13.3. The normalized spacial score (nSPS) is 16.7. The summed E-state index contributed by atoms with van der Waals surface area (Å²) in [5.74, 6) is -0.735. The lowest BCUT2D eigenvalue weighted by Gasteiger charge is -2.22. The molecule has 1 heterocycles. The van der Waals surface area contributed by atoms with E-state index in [1.165, 1.54) is 31.5 Å². The number of hydrogen-bond donors (Lipinski definition) is 2. The van der Waals surface area contributed by atoms with Crippen LogP contribution in [-0.2, 0) is 11.3 Å². The van der Waals surface area contributed by atoms with Crippen molar-refractivity contribution < 1.29 is 14.3 Å². The van der Waals surface area contributed by atoms with Crippen LogP contribution in [0.25, 0.3) is 11.1 Å². The summed E-state index contributed by atoms with van der Waals surface area (Å²) in [6, 6.07) is 14.5. The summed E-state index contributed by atoms with van der Waals surface area (Å²) >= 11 is 10.9. The molecule has 1 saturated heterocycles. The Labute approximate surface area is 180 Å². The monoisotopic (exact) mass is 438 g/mol.